The number of hydrogen-bond donors (Lipinski definition) is 0. The Morgan fingerprint density at radius 3 is 1.85 bits per heavy atom. The molecule has 1 aromatic carbocycles. The van der Waals surface area contributed by atoms with E-state index in [2.05, 4.69) is 59.9 Å². The summed E-state index contributed by atoms with van der Waals surface area (Å²) < 4.78 is 11.1. The first kappa shape index (κ1) is 23.2. The van der Waals surface area contributed by atoms with Gasteiger partial charge in [-0.15, -0.1) is 11.5 Å². The van der Waals surface area contributed by atoms with Gasteiger partial charge in [-0.3, -0.25) is 0 Å². The Balaban J connectivity index is 3.21. The molecule has 0 spiro atoms. The lowest BCUT2D eigenvalue weighted by molar-refractivity contribution is -0.0837. The minimum atomic E-state index is -1.75. The summed E-state index contributed by atoms with van der Waals surface area (Å²) in [6.07, 6.45) is -0.127. The van der Waals surface area contributed by atoms with Crippen molar-refractivity contribution in [1.29, 1.82) is 0 Å². The highest BCUT2D eigenvalue weighted by Crippen LogP contribution is 2.41. The molecule has 0 N–H and O–H groups in total. The van der Waals surface area contributed by atoms with Crippen LogP contribution in [-0.2, 0) is 9.47 Å². The molecule has 0 bridgehead atoms. The highest BCUT2D eigenvalue weighted by atomic mass is 35.5. The summed E-state index contributed by atoms with van der Waals surface area (Å²) in [6, 6.07) is 7.82. The van der Waals surface area contributed by atoms with Crippen LogP contribution in [-0.4, -0.2) is 22.0 Å². The molecule has 0 aliphatic heterocycles. The predicted octanol–water partition coefficient (Wildman–Crippen LogP) is 6.86. The standard InChI is InChI=1S/C22H35ClO2Si/c1-16(2)26(17(3)4,18(5)6)14-13-19(7)22(25-15-24-8)20-9-11-21(23)12-10-20/h9-12,16-19,22H,15H2,1-8H3/t19-,22+/m0/s1. The molecular formula is C22H35ClO2Si. The Morgan fingerprint density at radius 2 is 1.42 bits per heavy atom. The van der Waals surface area contributed by atoms with E-state index in [0.29, 0.717) is 16.6 Å². The van der Waals surface area contributed by atoms with E-state index in [1.807, 2.05) is 24.3 Å². The zero-order chi connectivity index (χ0) is 19.9. The van der Waals surface area contributed by atoms with E-state index in [4.69, 9.17) is 21.1 Å². The van der Waals surface area contributed by atoms with E-state index >= 15 is 0 Å². The van der Waals surface area contributed by atoms with Crippen molar-refractivity contribution in [2.45, 2.75) is 71.2 Å². The van der Waals surface area contributed by atoms with Gasteiger partial charge in [0.2, 0.25) is 0 Å². The highest BCUT2D eigenvalue weighted by Gasteiger charge is 2.41. The molecule has 1 rings (SSSR count). The summed E-state index contributed by atoms with van der Waals surface area (Å²) in [5.41, 5.74) is 6.76. The average molecular weight is 395 g/mol. The first-order valence-electron chi connectivity index (χ1n) is 9.55. The molecule has 0 heterocycles. The van der Waals surface area contributed by atoms with Gasteiger partial charge in [-0.2, -0.15) is 0 Å². The molecule has 2 atom stereocenters. The van der Waals surface area contributed by atoms with Gasteiger partial charge in [-0.25, -0.2) is 0 Å². The second-order valence-corrected chi connectivity index (χ2v) is 14.0. The van der Waals surface area contributed by atoms with Crippen molar-refractivity contribution >= 4 is 19.7 Å². The van der Waals surface area contributed by atoms with E-state index in [9.17, 15) is 0 Å². The van der Waals surface area contributed by atoms with Crippen LogP contribution in [0.1, 0.15) is 60.1 Å². The average Bonchev–Trinajstić information content (AvgIpc) is 2.56. The van der Waals surface area contributed by atoms with Crippen LogP contribution in [0.4, 0.5) is 0 Å². The number of ether oxygens (including phenoxy) is 2. The van der Waals surface area contributed by atoms with Gasteiger partial charge in [-0.05, 0) is 41.2 Å². The quantitative estimate of drug-likeness (QED) is 0.272. The van der Waals surface area contributed by atoms with Gasteiger partial charge in [0.25, 0.3) is 0 Å². The third-order valence-electron chi connectivity index (χ3n) is 5.40. The summed E-state index contributed by atoms with van der Waals surface area (Å²) in [5.74, 6) is 3.67. The van der Waals surface area contributed by atoms with Crippen molar-refractivity contribution in [3.63, 3.8) is 0 Å². The Bertz CT molecular complexity index is 577. The topological polar surface area (TPSA) is 18.5 Å². The maximum atomic E-state index is 6.04. The van der Waals surface area contributed by atoms with E-state index in [0.717, 1.165) is 10.6 Å². The Hall–Kier alpha value is -0.793. The van der Waals surface area contributed by atoms with Crippen LogP contribution in [0.5, 0.6) is 0 Å². The van der Waals surface area contributed by atoms with Gasteiger partial charge in [0.15, 0.2) is 0 Å². The highest BCUT2D eigenvalue weighted by molar-refractivity contribution is 6.90. The maximum absolute atomic E-state index is 6.04. The lowest BCUT2D eigenvalue weighted by Gasteiger charge is -2.38. The van der Waals surface area contributed by atoms with Crippen molar-refractivity contribution < 1.29 is 9.47 Å². The fraction of sp³-hybridized carbons (Fsp3) is 0.636. The van der Waals surface area contributed by atoms with E-state index in [1.54, 1.807) is 7.11 Å². The fourth-order valence-corrected chi connectivity index (χ4v) is 9.54. The summed E-state index contributed by atoms with van der Waals surface area (Å²) in [6.45, 7) is 16.4. The number of rotatable bonds is 8. The monoisotopic (exact) mass is 394 g/mol. The molecular weight excluding hydrogens is 360 g/mol. The van der Waals surface area contributed by atoms with Crippen molar-refractivity contribution in [2.75, 3.05) is 13.9 Å². The van der Waals surface area contributed by atoms with E-state index in [1.165, 1.54) is 0 Å². The van der Waals surface area contributed by atoms with Crippen molar-refractivity contribution in [2.24, 2.45) is 5.92 Å². The second kappa shape index (κ2) is 10.5. The Labute approximate surface area is 166 Å². The van der Waals surface area contributed by atoms with Crippen molar-refractivity contribution in [3.05, 3.63) is 34.9 Å². The molecule has 0 saturated heterocycles. The number of benzene rings is 1. The zero-order valence-electron chi connectivity index (χ0n) is 17.6. The number of methoxy groups -OCH3 is 1. The summed E-state index contributed by atoms with van der Waals surface area (Å²) in [5, 5.41) is 0.726. The summed E-state index contributed by atoms with van der Waals surface area (Å²) in [7, 11) is -0.104. The van der Waals surface area contributed by atoms with Gasteiger partial charge in [0.1, 0.15) is 14.9 Å². The number of hydrogen-bond acceptors (Lipinski definition) is 2. The largest absolute Gasteiger partial charge is 0.359 e. The summed E-state index contributed by atoms with van der Waals surface area (Å²) in [4.78, 5) is 0. The van der Waals surface area contributed by atoms with Gasteiger partial charge >= 0.3 is 0 Å². The smallest absolute Gasteiger partial charge is 0.147 e. The van der Waals surface area contributed by atoms with Crippen molar-refractivity contribution in [3.8, 4) is 11.5 Å². The molecule has 2 nitrogen and oxygen atoms in total. The third-order valence-corrected chi connectivity index (χ3v) is 12.0. The van der Waals surface area contributed by atoms with Crippen LogP contribution < -0.4 is 0 Å². The molecule has 146 valence electrons. The van der Waals surface area contributed by atoms with Crippen LogP contribution in [0.2, 0.25) is 21.6 Å². The molecule has 0 aliphatic carbocycles. The van der Waals surface area contributed by atoms with Crippen LogP contribution in [0.25, 0.3) is 0 Å². The molecule has 0 fully saturated rings. The zero-order valence-corrected chi connectivity index (χ0v) is 19.4. The molecule has 0 aromatic heterocycles. The first-order chi connectivity index (χ1) is 12.2. The minimum absolute atomic E-state index is 0.0782. The lowest BCUT2D eigenvalue weighted by Crippen LogP contribution is -2.43. The predicted molar refractivity (Wildman–Crippen MR) is 115 cm³/mol. The van der Waals surface area contributed by atoms with Crippen LogP contribution in [0.15, 0.2) is 24.3 Å². The van der Waals surface area contributed by atoms with Gasteiger partial charge in [-0.1, -0.05) is 65.3 Å². The molecule has 0 radical (unpaired) electrons. The summed E-state index contributed by atoms with van der Waals surface area (Å²) >= 11 is 6.04. The van der Waals surface area contributed by atoms with Gasteiger partial charge < -0.3 is 9.47 Å². The molecule has 0 aliphatic rings. The van der Waals surface area contributed by atoms with Gasteiger partial charge in [0, 0.05) is 18.1 Å². The SMILES string of the molecule is COCO[C@@H](c1ccc(Cl)cc1)[C@@H](C)C#C[Si](C(C)C)(C(C)C)C(C)C. The number of halogens is 1. The van der Waals surface area contributed by atoms with Crippen LogP contribution >= 0.6 is 11.6 Å². The normalized spacial score (nSPS) is 14.5. The third kappa shape index (κ3) is 5.60. The molecule has 4 heteroatoms. The Morgan fingerprint density at radius 1 is 0.923 bits per heavy atom. The molecule has 26 heavy (non-hydrogen) atoms. The van der Waals surface area contributed by atoms with Crippen molar-refractivity contribution in [1.82, 2.24) is 0 Å². The van der Waals surface area contributed by atoms with Gasteiger partial charge in [0.05, 0.1) is 6.10 Å². The molecule has 0 unspecified atom stereocenters. The Kier molecular flexibility index (Phi) is 9.40. The van der Waals surface area contributed by atoms with Crippen LogP contribution in [0, 0.1) is 17.4 Å². The van der Waals surface area contributed by atoms with E-state index in [-0.39, 0.29) is 18.8 Å². The van der Waals surface area contributed by atoms with E-state index < -0.39 is 8.07 Å². The molecule has 0 saturated carbocycles. The molecule has 0 amide bonds. The van der Waals surface area contributed by atoms with Crippen LogP contribution in [0.3, 0.4) is 0 Å². The second-order valence-electron chi connectivity index (χ2n) is 8.00. The minimum Gasteiger partial charge on any atom is -0.359 e. The fourth-order valence-electron chi connectivity index (χ4n) is 4.07. The lowest BCUT2D eigenvalue weighted by atomic mass is 9.98. The molecule has 1 aromatic rings. The first-order valence-corrected chi connectivity index (χ1v) is 12.2. The maximum Gasteiger partial charge on any atom is 0.147 e.